The van der Waals surface area contributed by atoms with E-state index in [-0.39, 0.29) is 17.0 Å². The van der Waals surface area contributed by atoms with E-state index in [2.05, 4.69) is 9.97 Å². The SMILES string of the molecule is CC[C@@H](Sc1nc(CC(C)C)nc2c1c(=O)n(C)c(=O)n2C)C(=O)O. The first-order valence-corrected chi connectivity index (χ1v) is 8.91. The molecule has 0 aliphatic carbocycles. The Bertz CT molecular complexity index is 932. The van der Waals surface area contributed by atoms with Gasteiger partial charge in [-0.15, -0.1) is 0 Å². The maximum absolute atomic E-state index is 12.6. The van der Waals surface area contributed by atoms with Crippen molar-refractivity contribution in [2.45, 2.75) is 43.9 Å². The van der Waals surface area contributed by atoms with Crippen LogP contribution < -0.4 is 11.2 Å². The van der Waals surface area contributed by atoms with Crippen LogP contribution in [0, 0.1) is 5.92 Å². The summed E-state index contributed by atoms with van der Waals surface area (Å²) in [6.45, 7) is 5.78. The van der Waals surface area contributed by atoms with E-state index in [9.17, 15) is 19.5 Å². The minimum Gasteiger partial charge on any atom is -0.480 e. The highest BCUT2D eigenvalue weighted by Crippen LogP contribution is 2.28. The van der Waals surface area contributed by atoms with Gasteiger partial charge in [0, 0.05) is 20.5 Å². The van der Waals surface area contributed by atoms with E-state index in [0.717, 1.165) is 16.3 Å². The summed E-state index contributed by atoms with van der Waals surface area (Å²) in [5, 5.41) is 9.10. The number of aliphatic carboxylic acids is 1. The van der Waals surface area contributed by atoms with Gasteiger partial charge in [-0.3, -0.25) is 18.7 Å². The molecule has 0 bridgehead atoms. The first-order chi connectivity index (χ1) is 11.7. The molecule has 0 aliphatic rings. The van der Waals surface area contributed by atoms with Crippen LogP contribution in [0.1, 0.15) is 33.0 Å². The highest BCUT2D eigenvalue weighted by Gasteiger charge is 2.23. The van der Waals surface area contributed by atoms with Gasteiger partial charge < -0.3 is 5.11 Å². The quantitative estimate of drug-likeness (QED) is 0.604. The Labute approximate surface area is 148 Å². The zero-order valence-corrected chi connectivity index (χ0v) is 15.8. The lowest BCUT2D eigenvalue weighted by molar-refractivity contribution is -0.136. The number of nitrogens with zero attached hydrogens (tertiary/aromatic N) is 4. The molecule has 136 valence electrons. The number of rotatable bonds is 6. The van der Waals surface area contributed by atoms with Crippen LogP contribution in [0.5, 0.6) is 0 Å². The molecule has 2 aromatic heterocycles. The van der Waals surface area contributed by atoms with E-state index in [1.807, 2.05) is 13.8 Å². The molecule has 0 saturated carbocycles. The van der Waals surface area contributed by atoms with Crippen molar-refractivity contribution >= 4 is 28.8 Å². The lowest BCUT2D eigenvalue weighted by atomic mass is 10.1. The molecule has 0 aromatic carbocycles. The third kappa shape index (κ3) is 3.76. The van der Waals surface area contributed by atoms with E-state index in [4.69, 9.17) is 0 Å². The second-order valence-electron chi connectivity index (χ2n) is 6.30. The normalized spacial score (nSPS) is 12.7. The van der Waals surface area contributed by atoms with Crippen LogP contribution in [0.4, 0.5) is 0 Å². The zero-order chi connectivity index (χ0) is 18.9. The van der Waals surface area contributed by atoms with Gasteiger partial charge >= 0.3 is 11.7 Å². The number of aryl methyl sites for hydroxylation is 1. The van der Waals surface area contributed by atoms with Crippen molar-refractivity contribution < 1.29 is 9.90 Å². The fourth-order valence-corrected chi connectivity index (χ4v) is 3.45. The summed E-state index contributed by atoms with van der Waals surface area (Å²) in [6.07, 6.45) is 0.952. The predicted molar refractivity (Wildman–Crippen MR) is 96.1 cm³/mol. The summed E-state index contributed by atoms with van der Waals surface area (Å²) in [5.41, 5.74) is -0.758. The third-order valence-corrected chi connectivity index (χ3v) is 5.14. The summed E-state index contributed by atoms with van der Waals surface area (Å²) in [4.78, 5) is 45.0. The van der Waals surface area contributed by atoms with E-state index < -0.39 is 22.5 Å². The first kappa shape index (κ1) is 19.2. The molecule has 0 radical (unpaired) electrons. The van der Waals surface area contributed by atoms with E-state index >= 15 is 0 Å². The van der Waals surface area contributed by atoms with Crippen molar-refractivity contribution in [2.75, 3.05) is 0 Å². The van der Waals surface area contributed by atoms with E-state index in [0.29, 0.717) is 23.7 Å². The monoisotopic (exact) mass is 366 g/mol. The smallest absolute Gasteiger partial charge is 0.332 e. The molecular weight excluding hydrogens is 344 g/mol. The number of carboxylic acids is 1. The molecule has 2 heterocycles. The van der Waals surface area contributed by atoms with Crippen LogP contribution in [0.2, 0.25) is 0 Å². The molecule has 8 nitrogen and oxygen atoms in total. The number of hydrogen-bond acceptors (Lipinski definition) is 6. The molecule has 0 spiro atoms. The van der Waals surface area contributed by atoms with Gasteiger partial charge in [0.05, 0.1) is 0 Å². The fourth-order valence-electron chi connectivity index (χ4n) is 2.46. The second-order valence-corrected chi connectivity index (χ2v) is 7.49. The van der Waals surface area contributed by atoms with Gasteiger partial charge in [-0.1, -0.05) is 32.5 Å². The van der Waals surface area contributed by atoms with Crippen LogP contribution in [0.3, 0.4) is 0 Å². The Morgan fingerprint density at radius 2 is 1.84 bits per heavy atom. The van der Waals surface area contributed by atoms with Gasteiger partial charge in [0.1, 0.15) is 21.5 Å². The van der Waals surface area contributed by atoms with Crippen LogP contribution >= 0.6 is 11.8 Å². The van der Waals surface area contributed by atoms with Gasteiger partial charge in [-0.2, -0.15) is 0 Å². The summed E-state index contributed by atoms with van der Waals surface area (Å²) >= 11 is 1.03. The van der Waals surface area contributed by atoms with Crippen LogP contribution in [-0.2, 0) is 25.3 Å². The number of hydrogen-bond donors (Lipinski definition) is 1. The lowest BCUT2D eigenvalue weighted by Gasteiger charge is -2.14. The number of carbonyl (C=O) groups is 1. The molecular formula is C16H22N4O4S. The summed E-state index contributed by atoms with van der Waals surface area (Å²) < 4.78 is 2.29. The second kappa shape index (κ2) is 7.38. The highest BCUT2D eigenvalue weighted by atomic mass is 32.2. The molecule has 2 rings (SSSR count). The molecule has 0 unspecified atom stereocenters. The van der Waals surface area contributed by atoms with Crippen molar-refractivity contribution in [3.05, 3.63) is 26.7 Å². The molecule has 0 saturated heterocycles. The Hall–Kier alpha value is -2.16. The van der Waals surface area contributed by atoms with Crippen molar-refractivity contribution in [2.24, 2.45) is 20.0 Å². The standard InChI is InChI=1S/C16H22N4O4S/c1-6-9(15(22)23)25-13-11-12(17-10(18-13)7-8(2)3)19(4)16(24)20(5)14(11)21/h8-9H,6-7H2,1-5H3,(H,22,23)/t9-/m1/s1. The first-order valence-electron chi connectivity index (χ1n) is 8.03. The molecule has 1 N–H and O–H groups in total. The van der Waals surface area contributed by atoms with Crippen molar-refractivity contribution in [3.63, 3.8) is 0 Å². The lowest BCUT2D eigenvalue weighted by Crippen LogP contribution is -2.38. The van der Waals surface area contributed by atoms with Crippen LogP contribution in [0.25, 0.3) is 11.0 Å². The van der Waals surface area contributed by atoms with Crippen LogP contribution in [-0.4, -0.2) is 35.4 Å². The van der Waals surface area contributed by atoms with Crippen molar-refractivity contribution in [1.29, 1.82) is 0 Å². The zero-order valence-electron chi connectivity index (χ0n) is 14.9. The molecule has 1 atom stereocenters. The maximum atomic E-state index is 12.6. The van der Waals surface area contributed by atoms with Crippen LogP contribution in [0.15, 0.2) is 14.6 Å². The number of aromatic nitrogens is 4. The number of thioether (sulfide) groups is 1. The molecule has 0 amide bonds. The maximum Gasteiger partial charge on any atom is 0.332 e. The summed E-state index contributed by atoms with van der Waals surface area (Å²) in [5.74, 6) is -0.194. The Kier molecular flexibility index (Phi) is 5.66. The van der Waals surface area contributed by atoms with E-state index in [1.54, 1.807) is 14.0 Å². The average Bonchev–Trinajstić information content (AvgIpc) is 2.54. The highest BCUT2D eigenvalue weighted by molar-refractivity contribution is 8.00. The molecule has 25 heavy (non-hydrogen) atoms. The minimum atomic E-state index is -0.966. The van der Waals surface area contributed by atoms with Crippen molar-refractivity contribution in [1.82, 2.24) is 19.1 Å². The molecule has 9 heteroatoms. The Balaban J connectivity index is 2.82. The number of fused-ring (bicyclic) bond motifs is 1. The molecule has 0 aliphatic heterocycles. The topological polar surface area (TPSA) is 107 Å². The fraction of sp³-hybridized carbons (Fsp3) is 0.562. The average molecular weight is 366 g/mol. The number of carboxylic acid groups (broad SMARTS) is 1. The Morgan fingerprint density at radius 3 is 2.36 bits per heavy atom. The van der Waals surface area contributed by atoms with Crippen molar-refractivity contribution in [3.8, 4) is 0 Å². The molecule has 2 aromatic rings. The summed E-state index contributed by atoms with van der Waals surface area (Å²) in [6, 6.07) is 0. The summed E-state index contributed by atoms with van der Waals surface area (Å²) in [7, 11) is 2.92. The Morgan fingerprint density at radius 1 is 1.20 bits per heavy atom. The largest absolute Gasteiger partial charge is 0.480 e. The van der Waals surface area contributed by atoms with Gasteiger partial charge in [-0.05, 0) is 12.3 Å². The third-order valence-electron chi connectivity index (χ3n) is 3.80. The van der Waals surface area contributed by atoms with Gasteiger partial charge in [-0.25, -0.2) is 14.8 Å². The minimum absolute atomic E-state index is 0.182. The van der Waals surface area contributed by atoms with Gasteiger partial charge in [0.2, 0.25) is 0 Å². The van der Waals surface area contributed by atoms with Gasteiger partial charge in [0.25, 0.3) is 5.56 Å². The van der Waals surface area contributed by atoms with E-state index in [1.165, 1.54) is 11.6 Å². The predicted octanol–water partition coefficient (Wildman–Crippen LogP) is 1.18. The molecule has 0 fully saturated rings. The van der Waals surface area contributed by atoms with Gasteiger partial charge in [0.15, 0.2) is 5.65 Å².